The molecule has 23 nitrogen and oxygen atoms in total. The number of nitrogens with two attached hydrogens (primary N) is 4. The number of phenolic OH excluding ortho intramolecular Hbond substituents is 2. The summed E-state index contributed by atoms with van der Waals surface area (Å²) in [6.45, 7) is 1.47. The number of nitrogens with one attached hydrogen (secondary N) is 6. The number of rotatable bonds is 21. The summed E-state index contributed by atoms with van der Waals surface area (Å²) in [7, 11) is 3.24. The number of primary amides is 2. The van der Waals surface area contributed by atoms with Gasteiger partial charge in [0.05, 0.1) is 12.1 Å². The van der Waals surface area contributed by atoms with Crippen molar-refractivity contribution >= 4 is 80.4 Å². The number of carbonyl (C=O) groups is 8. The van der Waals surface area contributed by atoms with Crippen LogP contribution in [0.3, 0.4) is 0 Å². The smallest absolute Gasteiger partial charge is 0.248 e. The number of hydrogen-bond donors (Lipinski definition) is 14. The first kappa shape index (κ1) is 64.8. The van der Waals surface area contributed by atoms with Crippen molar-refractivity contribution in [3.63, 3.8) is 0 Å². The Kier molecular flexibility index (Phi) is 25.5. The molecule has 1 fully saturated rings. The van der Waals surface area contributed by atoms with Crippen molar-refractivity contribution in [1.29, 1.82) is 0 Å². The molecule has 0 radical (unpaired) electrons. The molecule has 1 unspecified atom stereocenters. The van der Waals surface area contributed by atoms with Gasteiger partial charge in [-0.25, -0.2) is 0 Å². The Morgan fingerprint density at radius 2 is 1.22 bits per heavy atom. The number of aryl methyl sites for hydroxylation is 1. The van der Waals surface area contributed by atoms with E-state index in [4.69, 9.17) is 34.5 Å². The Morgan fingerprint density at radius 1 is 0.704 bits per heavy atom. The Morgan fingerprint density at radius 3 is 1.77 bits per heavy atom. The zero-order valence-electron chi connectivity index (χ0n) is 44.8. The van der Waals surface area contributed by atoms with Crippen LogP contribution in [0.25, 0.3) is 0 Å². The molecule has 0 aromatic heterocycles. The van der Waals surface area contributed by atoms with Gasteiger partial charge in [0, 0.05) is 48.0 Å². The van der Waals surface area contributed by atoms with Crippen LogP contribution < -0.4 is 54.8 Å². The summed E-state index contributed by atoms with van der Waals surface area (Å²) in [4.78, 5) is 113. The van der Waals surface area contributed by atoms with E-state index < -0.39 is 108 Å². The number of aromatic hydroxyl groups is 2. The van der Waals surface area contributed by atoms with E-state index >= 15 is 0 Å². The number of unbranched alkanes of at least 4 members (excludes halogenated alkanes) is 1. The number of phenols is 2. The number of amides is 8. The molecule has 18 N–H and O–H groups in total. The van der Waals surface area contributed by atoms with Gasteiger partial charge in [-0.2, -0.15) is 0 Å². The molecule has 0 aliphatic carbocycles. The van der Waals surface area contributed by atoms with Crippen LogP contribution in [0.2, 0.25) is 5.02 Å². The quantitative estimate of drug-likeness (QED) is 0.0291. The Labute approximate surface area is 482 Å². The van der Waals surface area contributed by atoms with Crippen molar-refractivity contribution in [2.24, 2.45) is 22.9 Å². The molecule has 0 spiro atoms. The average Bonchev–Trinajstić information content (AvgIpc) is 3.43. The number of carbonyl (C=O) groups excluding carboxylic acids is 8. The van der Waals surface area contributed by atoms with Crippen molar-refractivity contribution in [3.05, 3.63) is 130 Å². The monoisotopic (exact) mass is 1180 g/mol. The Balaban J connectivity index is 1.58. The summed E-state index contributed by atoms with van der Waals surface area (Å²) in [5, 5.41) is 59.5. The van der Waals surface area contributed by atoms with E-state index in [1.165, 1.54) is 74.6 Å². The first-order valence-electron chi connectivity index (χ1n) is 26.1. The number of likely N-dealkylation sites (N-methyl/N-ethyl adjacent to an activating group) is 1. The molecule has 8 amide bonds. The fraction of sp³-hybridized carbons (Fsp3) is 0.418. The number of benzene rings is 4. The maximum atomic E-state index is 14.8. The molecule has 1 heterocycles. The topological polar surface area (TPSA) is 397 Å². The molecule has 5 rings (SSSR count). The van der Waals surface area contributed by atoms with Gasteiger partial charge < -0.3 is 74.8 Å². The first-order valence-corrected chi connectivity index (χ1v) is 29.0. The van der Waals surface area contributed by atoms with Crippen molar-refractivity contribution in [1.82, 2.24) is 36.8 Å². The summed E-state index contributed by atoms with van der Waals surface area (Å²) in [6.07, 6.45) is -2.53. The second-order valence-corrected chi connectivity index (χ2v) is 22.7. The van der Waals surface area contributed by atoms with Gasteiger partial charge in [-0.05, 0) is 123 Å². The van der Waals surface area contributed by atoms with Crippen molar-refractivity contribution in [2.75, 3.05) is 25.1 Å². The van der Waals surface area contributed by atoms with Gasteiger partial charge in [-0.1, -0.05) is 81.7 Å². The number of halogens is 1. The molecule has 1 aliphatic heterocycles. The van der Waals surface area contributed by atoms with E-state index in [0.29, 0.717) is 40.1 Å². The fourth-order valence-corrected chi connectivity index (χ4v) is 11.2. The minimum atomic E-state index is -1.69. The maximum Gasteiger partial charge on any atom is 0.248 e. The normalized spacial score (nSPS) is 21.5. The van der Waals surface area contributed by atoms with Crippen molar-refractivity contribution in [3.8, 4) is 11.5 Å². The van der Waals surface area contributed by atoms with Crippen LogP contribution in [0.5, 0.6) is 11.5 Å². The van der Waals surface area contributed by atoms with E-state index in [0.717, 1.165) is 26.5 Å². The van der Waals surface area contributed by atoms with E-state index in [9.17, 15) is 58.8 Å². The van der Waals surface area contributed by atoms with Crippen LogP contribution in [0.15, 0.2) is 97.1 Å². The number of nitrogens with zero attached hydrogens (tertiary/aromatic N) is 1. The molecule has 81 heavy (non-hydrogen) atoms. The van der Waals surface area contributed by atoms with Gasteiger partial charge >= 0.3 is 0 Å². The van der Waals surface area contributed by atoms with E-state index in [-0.39, 0.29) is 73.6 Å². The zero-order chi connectivity index (χ0) is 59.3. The summed E-state index contributed by atoms with van der Waals surface area (Å²) in [5.74, 6) is -7.45. The molecule has 1 saturated heterocycles. The van der Waals surface area contributed by atoms with E-state index in [1.807, 2.05) is 0 Å². The van der Waals surface area contributed by atoms with Crippen molar-refractivity contribution in [2.45, 2.75) is 119 Å². The third-order valence-corrected chi connectivity index (χ3v) is 16.0. The zero-order valence-corrected chi connectivity index (χ0v) is 47.2. The SMILES string of the molecule is C[C@@H](O)[C@H]1C(=O)N[C@H](C(=O)N[C@H](CCc2ccc(O)cc2)C(N)=O)CSSC[C@@H](NC(O)[C@@H](N)Cc2ccc(Cl)cc2)C(=O)N[C@@H](Cc2ccc(O)cc2)C(=O)N[C@H](Cc2ccc(C(N)=O)cc2)C(=O)N[C@@H](CCCCN)C(=O)N1C. The molecule has 0 saturated carbocycles. The molecule has 1 aliphatic rings. The molecule has 4 aromatic carbocycles. The Hall–Kier alpha value is -6.97. The van der Waals surface area contributed by atoms with Gasteiger partial charge in [0.2, 0.25) is 47.3 Å². The van der Waals surface area contributed by atoms with Crippen LogP contribution in [-0.2, 0) is 59.2 Å². The van der Waals surface area contributed by atoms with Gasteiger partial charge in [0.15, 0.2) is 0 Å². The van der Waals surface area contributed by atoms with E-state index in [1.54, 1.807) is 36.4 Å². The van der Waals surface area contributed by atoms with E-state index in [2.05, 4.69) is 31.9 Å². The fourth-order valence-electron chi connectivity index (χ4n) is 8.73. The summed E-state index contributed by atoms with van der Waals surface area (Å²) < 4.78 is 0. The van der Waals surface area contributed by atoms with Crippen LogP contribution in [-0.4, -0.2) is 158 Å². The van der Waals surface area contributed by atoms with Crippen LogP contribution in [0, 0.1) is 0 Å². The minimum absolute atomic E-state index is 0.0122. The predicted octanol–water partition coefficient (Wildman–Crippen LogP) is -0.244. The number of aliphatic hydroxyl groups excluding tert-OH is 2. The third-order valence-electron chi connectivity index (χ3n) is 13.4. The second kappa shape index (κ2) is 31.9. The maximum absolute atomic E-state index is 14.8. The lowest BCUT2D eigenvalue weighted by molar-refractivity contribution is -0.146. The third kappa shape index (κ3) is 20.5. The average molecular weight is 1180 g/mol. The molecule has 438 valence electrons. The molecular weight excluding hydrogens is 1110 g/mol. The summed E-state index contributed by atoms with van der Waals surface area (Å²) in [5.41, 5.74) is 26.1. The van der Waals surface area contributed by atoms with Gasteiger partial charge in [0.25, 0.3) is 0 Å². The second-order valence-electron chi connectivity index (χ2n) is 19.7. The summed E-state index contributed by atoms with van der Waals surface area (Å²) in [6, 6.07) is 13.4. The number of aliphatic hydroxyl groups is 2. The lowest BCUT2D eigenvalue weighted by Crippen LogP contribution is -2.62. The highest BCUT2D eigenvalue weighted by molar-refractivity contribution is 8.76. The first-order chi connectivity index (χ1) is 38.5. The van der Waals surface area contributed by atoms with Gasteiger partial charge in [0.1, 0.15) is 54.0 Å². The van der Waals surface area contributed by atoms with Crippen LogP contribution in [0.1, 0.15) is 65.2 Å². The Bertz CT molecular complexity index is 2770. The highest BCUT2D eigenvalue weighted by Crippen LogP contribution is 2.25. The van der Waals surface area contributed by atoms with Gasteiger partial charge in [-0.3, -0.25) is 43.7 Å². The number of hydrogen-bond acceptors (Lipinski definition) is 17. The highest BCUT2D eigenvalue weighted by atomic mass is 35.5. The minimum Gasteiger partial charge on any atom is -0.508 e. The largest absolute Gasteiger partial charge is 0.508 e. The molecule has 10 atom stereocenters. The highest BCUT2D eigenvalue weighted by Gasteiger charge is 2.39. The molecule has 4 aromatic rings. The standard InChI is InChI=1S/C55H72ClN11O12S2/c1-30(68)46-54(78)66-45(52(76)61-40(48(60)72)23-14-31-10-19-37(69)20-11-31)29-81-80-28-44(65-49(73)39(58)25-32-8-17-36(56)18-9-32)53(77)64-43(27-34-12-21-38(70)22-13-34)51(75)63-42(26-33-6-15-35(16-7-33)47(59)71)50(74)62-41(5-3-4-24-57)55(79)67(46)2/h6-13,15-22,30,39-46,49,65,68-70,73H,3-5,14,23-29,57-58H2,1-2H3,(H2,59,71)(H2,60,72)(H,61,76)(H,62,74)(H,63,75)(H,64,77)(H,66,78)/t30-,39+,40-,41+,42-,43+,44-,45+,46+,49?/m1/s1. The molecular formula is C55H72ClN11O12S2. The predicted molar refractivity (Wildman–Crippen MR) is 308 cm³/mol. The molecule has 0 bridgehead atoms. The summed E-state index contributed by atoms with van der Waals surface area (Å²) >= 11 is 6.09. The van der Waals surface area contributed by atoms with Crippen LogP contribution in [0.4, 0.5) is 0 Å². The lowest BCUT2D eigenvalue weighted by atomic mass is 10.00. The van der Waals surface area contributed by atoms with Crippen LogP contribution >= 0.6 is 33.2 Å². The molecule has 26 heteroatoms. The van der Waals surface area contributed by atoms with Crippen molar-refractivity contribution < 1.29 is 58.8 Å². The lowest BCUT2D eigenvalue weighted by Gasteiger charge is -2.34. The van der Waals surface area contributed by atoms with Gasteiger partial charge in [-0.15, -0.1) is 0 Å².